The maximum atomic E-state index is 12.7. The summed E-state index contributed by atoms with van der Waals surface area (Å²) in [7, 11) is 0. The van der Waals surface area contributed by atoms with E-state index < -0.39 is 17.9 Å². The van der Waals surface area contributed by atoms with Crippen LogP contribution in [0.5, 0.6) is 11.5 Å². The number of carbonyl (C=O) groups is 3. The maximum absolute atomic E-state index is 12.7. The summed E-state index contributed by atoms with van der Waals surface area (Å²) in [6, 6.07) is 13.5. The molecule has 1 heterocycles. The maximum Gasteiger partial charge on any atom is 0.359 e. The van der Waals surface area contributed by atoms with Crippen molar-refractivity contribution in [3.63, 3.8) is 0 Å². The van der Waals surface area contributed by atoms with E-state index in [2.05, 4.69) is 20.6 Å². The third-order valence-corrected chi connectivity index (χ3v) is 4.99. The number of esters is 3. The van der Waals surface area contributed by atoms with Gasteiger partial charge in [0.2, 0.25) is 5.95 Å². The molecule has 0 aliphatic carbocycles. The summed E-state index contributed by atoms with van der Waals surface area (Å²) in [6.07, 6.45) is 0. The molecular formula is C27H31N5O8. The van der Waals surface area contributed by atoms with E-state index in [1.807, 2.05) is 0 Å². The van der Waals surface area contributed by atoms with Gasteiger partial charge in [-0.25, -0.2) is 19.4 Å². The highest BCUT2D eigenvalue weighted by Gasteiger charge is 2.21. The first kappa shape index (κ1) is 29.5. The zero-order valence-electron chi connectivity index (χ0n) is 22.4. The van der Waals surface area contributed by atoms with Crippen molar-refractivity contribution in [3.8, 4) is 11.5 Å². The van der Waals surface area contributed by atoms with E-state index in [1.54, 1.807) is 69.3 Å². The highest BCUT2D eigenvalue weighted by Crippen LogP contribution is 2.33. The molecule has 0 spiro atoms. The lowest BCUT2D eigenvalue weighted by molar-refractivity contribution is -0.146. The summed E-state index contributed by atoms with van der Waals surface area (Å²) in [5.74, 6) is -1.12. The summed E-state index contributed by atoms with van der Waals surface area (Å²) >= 11 is 0. The van der Waals surface area contributed by atoms with Gasteiger partial charge in [0.25, 0.3) is 0 Å². The van der Waals surface area contributed by atoms with Crippen molar-refractivity contribution < 1.29 is 38.1 Å². The normalized spacial score (nSPS) is 10.3. The van der Waals surface area contributed by atoms with Gasteiger partial charge in [-0.1, -0.05) is 24.3 Å². The summed E-state index contributed by atoms with van der Waals surface area (Å²) in [4.78, 5) is 44.9. The number of hydrogen-bond acceptors (Lipinski definition) is 13. The highest BCUT2D eigenvalue weighted by molar-refractivity contribution is 5.97. The van der Waals surface area contributed by atoms with Crippen LogP contribution in [0.4, 0.5) is 28.8 Å². The first-order chi connectivity index (χ1) is 19.4. The number of nitrogens with zero attached hydrogens (tertiary/aromatic N) is 2. The zero-order chi connectivity index (χ0) is 28.9. The quantitative estimate of drug-likeness (QED) is 0.195. The van der Waals surface area contributed by atoms with Gasteiger partial charge in [0.15, 0.2) is 24.7 Å². The molecule has 212 valence electrons. The first-order valence-corrected chi connectivity index (χ1v) is 12.5. The van der Waals surface area contributed by atoms with Gasteiger partial charge in [0, 0.05) is 0 Å². The molecule has 2 aromatic carbocycles. The van der Waals surface area contributed by atoms with Gasteiger partial charge >= 0.3 is 17.9 Å². The molecule has 0 atom stereocenters. The Balaban J connectivity index is 1.94. The molecule has 4 N–H and O–H groups in total. The fourth-order valence-corrected chi connectivity index (χ4v) is 3.29. The fraction of sp³-hybridized carbons (Fsp3) is 0.296. The molecule has 0 radical (unpaired) electrons. The predicted molar refractivity (Wildman–Crippen MR) is 146 cm³/mol. The average Bonchev–Trinajstić information content (AvgIpc) is 2.94. The van der Waals surface area contributed by atoms with E-state index in [0.29, 0.717) is 22.9 Å². The first-order valence-electron chi connectivity index (χ1n) is 12.5. The minimum Gasteiger partial charge on any atom is -0.480 e. The number of benzene rings is 2. The van der Waals surface area contributed by atoms with Gasteiger partial charge in [-0.15, -0.1) is 0 Å². The molecule has 0 saturated heterocycles. The third kappa shape index (κ3) is 8.21. The van der Waals surface area contributed by atoms with E-state index in [4.69, 9.17) is 29.4 Å². The lowest BCUT2D eigenvalue weighted by Gasteiger charge is -2.17. The Morgan fingerprint density at radius 2 is 1.23 bits per heavy atom. The van der Waals surface area contributed by atoms with Crippen LogP contribution in [0.25, 0.3) is 0 Å². The number of nitrogen functional groups attached to an aromatic ring is 1. The van der Waals surface area contributed by atoms with Crippen LogP contribution >= 0.6 is 0 Å². The van der Waals surface area contributed by atoms with Crippen molar-refractivity contribution in [2.45, 2.75) is 20.8 Å². The van der Waals surface area contributed by atoms with Gasteiger partial charge in [0.1, 0.15) is 17.2 Å². The SMILES string of the molecule is CCOC(=O)COc1ccccc1Nc1nc(Nc2ccccc2OCC(=O)OCC)c(N)c(C(=O)OCC)n1. The number of anilines is 5. The molecule has 40 heavy (non-hydrogen) atoms. The monoisotopic (exact) mass is 553 g/mol. The number of nitrogens with two attached hydrogens (primary N) is 1. The Morgan fingerprint density at radius 3 is 1.75 bits per heavy atom. The number of para-hydroxylation sites is 4. The molecule has 3 aromatic rings. The van der Waals surface area contributed by atoms with Crippen LogP contribution < -0.4 is 25.8 Å². The van der Waals surface area contributed by atoms with Gasteiger partial charge in [-0.2, -0.15) is 4.98 Å². The van der Waals surface area contributed by atoms with Crippen LogP contribution in [0, 0.1) is 0 Å². The molecule has 13 nitrogen and oxygen atoms in total. The second-order valence-electron chi connectivity index (χ2n) is 7.81. The number of rotatable bonds is 14. The van der Waals surface area contributed by atoms with Crippen molar-refractivity contribution >= 4 is 46.7 Å². The third-order valence-electron chi connectivity index (χ3n) is 4.99. The zero-order valence-corrected chi connectivity index (χ0v) is 22.4. The van der Waals surface area contributed by atoms with Crippen molar-refractivity contribution in [1.82, 2.24) is 9.97 Å². The summed E-state index contributed by atoms with van der Waals surface area (Å²) in [5.41, 5.74) is 6.84. The van der Waals surface area contributed by atoms with Crippen LogP contribution in [0.1, 0.15) is 31.3 Å². The summed E-state index contributed by atoms with van der Waals surface area (Å²) < 4.78 is 26.1. The van der Waals surface area contributed by atoms with E-state index >= 15 is 0 Å². The molecule has 13 heteroatoms. The Kier molecular flexibility index (Phi) is 10.9. The van der Waals surface area contributed by atoms with Crippen LogP contribution in [-0.4, -0.2) is 60.9 Å². The van der Waals surface area contributed by atoms with Crippen LogP contribution in [0.2, 0.25) is 0 Å². The number of aromatic nitrogens is 2. The second kappa shape index (κ2) is 14.8. The second-order valence-corrected chi connectivity index (χ2v) is 7.81. The van der Waals surface area contributed by atoms with Gasteiger partial charge in [0.05, 0.1) is 31.2 Å². The summed E-state index contributed by atoms with van der Waals surface area (Å²) in [6.45, 7) is 4.98. The molecule has 0 amide bonds. The van der Waals surface area contributed by atoms with Crippen LogP contribution in [-0.2, 0) is 23.8 Å². The minimum absolute atomic E-state index is 0.0168. The Hall–Kier alpha value is -5.07. The molecule has 0 saturated carbocycles. The van der Waals surface area contributed by atoms with Crippen molar-refractivity contribution in [2.24, 2.45) is 0 Å². The molecule has 0 aliphatic rings. The standard InChI is InChI=1S/C27H31N5O8/c1-4-36-21(33)15-39-19-13-9-7-11-17(19)29-25-23(28)24(26(35)38-6-3)31-27(32-25)30-18-12-8-10-14-20(18)40-16-22(34)37-5-2/h7-14H,4-6,15-16,28H2,1-3H3,(H2,29,30,31,32). The smallest absolute Gasteiger partial charge is 0.359 e. The van der Waals surface area contributed by atoms with E-state index in [9.17, 15) is 14.4 Å². The lowest BCUT2D eigenvalue weighted by Crippen LogP contribution is -2.17. The lowest BCUT2D eigenvalue weighted by atomic mass is 10.2. The molecule has 3 rings (SSSR count). The molecule has 0 unspecified atom stereocenters. The van der Waals surface area contributed by atoms with E-state index in [0.717, 1.165) is 0 Å². The Bertz CT molecular complexity index is 1330. The van der Waals surface area contributed by atoms with Crippen molar-refractivity contribution in [2.75, 3.05) is 49.4 Å². The van der Waals surface area contributed by atoms with Gasteiger partial charge < -0.3 is 40.1 Å². The van der Waals surface area contributed by atoms with Gasteiger partial charge in [-0.3, -0.25) is 0 Å². The van der Waals surface area contributed by atoms with E-state index in [1.165, 1.54) is 0 Å². The topological polar surface area (TPSA) is 173 Å². The van der Waals surface area contributed by atoms with Crippen molar-refractivity contribution in [3.05, 3.63) is 54.2 Å². The Labute approximate surface area is 230 Å². The summed E-state index contributed by atoms with van der Waals surface area (Å²) in [5, 5.41) is 6.03. The van der Waals surface area contributed by atoms with Crippen molar-refractivity contribution in [1.29, 1.82) is 0 Å². The highest BCUT2D eigenvalue weighted by atomic mass is 16.6. The molecular weight excluding hydrogens is 522 g/mol. The number of carbonyl (C=O) groups excluding carboxylic acids is 3. The van der Waals surface area contributed by atoms with Gasteiger partial charge in [-0.05, 0) is 45.0 Å². The van der Waals surface area contributed by atoms with Crippen LogP contribution in [0.3, 0.4) is 0 Å². The molecule has 0 aliphatic heterocycles. The minimum atomic E-state index is -0.757. The van der Waals surface area contributed by atoms with E-state index in [-0.39, 0.29) is 56.2 Å². The number of ether oxygens (including phenoxy) is 5. The average molecular weight is 554 g/mol. The fourth-order valence-electron chi connectivity index (χ4n) is 3.29. The number of nitrogens with one attached hydrogen (secondary N) is 2. The van der Waals surface area contributed by atoms with Crippen LogP contribution in [0.15, 0.2) is 48.5 Å². The molecule has 0 bridgehead atoms. The predicted octanol–water partition coefficient (Wildman–Crippen LogP) is 3.61. The number of hydrogen-bond donors (Lipinski definition) is 3. The Morgan fingerprint density at radius 1 is 0.725 bits per heavy atom. The molecule has 0 fully saturated rings. The molecule has 1 aromatic heterocycles. The largest absolute Gasteiger partial charge is 0.480 e.